The van der Waals surface area contributed by atoms with Crippen molar-refractivity contribution in [3.63, 3.8) is 0 Å². The van der Waals surface area contributed by atoms with Crippen LogP contribution in [0.5, 0.6) is 11.5 Å². The molecule has 9 atom stereocenters. The van der Waals surface area contributed by atoms with E-state index in [1.54, 1.807) is 19.8 Å². The van der Waals surface area contributed by atoms with Gasteiger partial charge in [-0.05, 0) is 158 Å². The number of benzene rings is 3. The molecule has 4 aliphatic rings. The number of carbonyl (C=O) groups excluding carboxylic acids is 1. The molecule has 3 aromatic rings. The fraction of sp³-hybridized carbons (Fsp3) is 0.589. The highest BCUT2D eigenvalue weighted by Gasteiger charge is 2.59. The summed E-state index contributed by atoms with van der Waals surface area (Å²) in [7, 11) is 3.32. The highest BCUT2D eigenvalue weighted by Crippen LogP contribution is 2.67. The number of aliphatic hydroxyl groups excluding tert-OH is 1. The fourth-order valence-corrected chi connectivity index (χ4v) is 13.0. The minimum absolute atomic E-state index is 0.114. The molecule has 7 rings (SSSR count). The van der Waals surface area contributed by atoms with Crippen LogP contribution in [0.15, 0.2) is 102 Å². The predicted octanol–water partition coefficient (Wildman–Crippen LogP) is 12.8. The Labute approximate surface area is 379 Å². The molecule has 3 fully saturated rings. The zero-order valence-electron chi connectivity index (χ0n) is 39.7. The summed E-state index contributed by atoms with van der Waals surface area (Å²) in [6, 6.07) is 26.0. The monoisotopic (exact) mass is 860 g/mol. The summed E-state index contributed by atoms with van der Waals surface area (Å²) in [5.74, 6) is 6.02. The third-order valence-corrected chi connectivity index (χ3v) is 16.8. The van der Waals surface area contributed by atoms with E-state index in [0.717, 1.165) is 83.0 Å². The first-order chi connectivity index (χ1) is 30.4. The number of methoxy groups -OCH3 is 2. The van der Waals surface area contributed by atoms with Gasteiger partial charge >= 0.3 is 6.09 Å². The second kappa shape index (κ2) is 20.4. The van der Waals surface area contributed by atoms with Crippen LogP contribution in [0.1, 0.15) is 135 Å². The van der Waals surface area contributed by atoms with Gasteiger partial charge in [-0.1, -0.05) is 119 Å². The SMILES string of the molecule is CCC(C/C=C(\C)[C@@H]1CCC2C3CC=C4C[C@H](OC(=O)NCCC(O)CCOC(c5ccccc5)(c5ccc(OC)cc5)c5ccc(OC)cc5)CC[C@@]4(C)C3CC[C@]21C)C(C)C. The third kappa shape index (κ3) is 9.81. The zero-order valence-corrected chi connectivity index (χ0v) is 39.7. The number of rotatable bonds is 18. The van der Waals surface area contributed by atoms with Crippen molar-refractivity contribution in [2.24, 2.45) is 46.3 Å². The van der Waals surface area contributed by atoms with Crippen LogP contribution in [-0.4, -0.2) is 50.8 Å². The second-order valence-corrected chi connectivity index (χ2v) is 20.3. The lowest BCUT2D eigenvalue weighted by atomic mass is 9.47. The van der Waals surface area contributed by atoms with E-state index in [-0.39, 0.29) is 18.1 Å². The van der Waals surface area contributed by atoms with Crippen molar-refractivity contribution in [1.82, 2.24) is 5.32 Å². The summed E-state index contributed by atoms with van der Waals surface area (Å²) in [6.45, 7) is 15.3. The summed E-state index contributed by atoms with van der Waals surface area (Å²) in [5.41, 5.74) is 5.68. The Hall–Kier alpha value is -4.07. The molecule has 0 saturated heterocycles. The Bertz CT molecular complexity index is 1960. The van der Waals surface area contributed by atoms with Crippen LogP contribution in [0.25, 0.3) is 0 Å². The van der Waals surface area contributed by atoms with E-state index in [0.29, 0.717) is 24.8 Å². The molecule has 0 spiro atoms. The average Bonchev–Trinajstić information content (AvgIpc) is 3.66. The van der Waals surface area contributed by atoms with Crippen molar-refractivity contribution in [2.75, 3.05) is 27.4 Å². The highest BCUT2D eigenvalue weighted by atomic mass is 16.6. The Morgan fingerprint density at radius 2 is 1.51 bits per heavy atom. The van der Waals surface area contributed by atoms with Gasteiger partial charge in [-0.3, -0.25) is 0 Å². The lowest BCUT2D eigenvalue weighted by Gasteiger charge is -2.58. The molecule has 0 aliphatic heterocycles. The van der Waals surface area contributed by atoms with Gasteiger partial charge in [0.1, 0.15) is 23.2 Å². The molecule has 7 heteroatoms. The molecule has 0 heterocycles. The van der Waals surface area contributed by atoms with E-state index in [1.165, 1.54) is 50.5 Å². The van der Waals surface area contributed by atoms with Crippen LogP contribution in [-0.2, 0) is 15.1 Å². The van der Waals surface area contributed by atoms with Crippen molar-refractivity contribution in [3.05, 3.63) is 119 Å². The Morgan fingerprint density at radius 1 is 0.857 bits per heavy atom. The quantitative estimate of drug-likeness (QED) is 0.0979. The molecule has 1 amide bonds. The molecule has 2 N–H and O–H groups in total. The van der Waals surface area contributed by atoms with Gasteiger partial charge < -0.3 is 29.4 Å². The van der Waals surface area contributed by atoms with Crippen LogP contribution < -0.4 is 14.8 Å². The second-order valence-electron chi connectivity index (χ2n) is 20.3. The van der Waals surface area contributed by atoms with Crippen LogP contribution in [0, 0.1) is 46.3 Å². The minimum Gasteiger partial charge on any atom is -0.497 e. The molecule has 0 bridgehead atoms. The van der Waals surface area contributed by atoms with Crippen molar-refractivity contribution < 1.29 is 28.8 Å². The number of nitrogens with one attached hydrogen (secondary N) is 1. The van der Waals surface area contributed by atoms with Crippen molar-refractivity contribution in [3.8, 4) is 11.5 Å². The summed E-state index contributed by atoms with van der Waals surface area (Å²) in [5, 5.41) is 14.1. The zero-order chi connectivity index (χ0) is 44.8. The summed E-state index contributed by atoms with van der Waals surface area (Å²) < 4.78 is 24.0. The van der Waals surface area contributed by atoms with E-state index < -0.39 is 17.8 Å². The first kappa shape index (κ1) is 46.9. The van der Waals surface area contributed by atoms with Gasteiger partial charge in [0.2, 0.25) is 0 Å². The normalized spacial score (nSPS) is 27.9. The number of alkyl carbamates (subject to hydrolysis) is 1. The van der Waals surface area contributed by atoms with Crippen LogP contribution in [0.2, 0.25) is 0 Å². The molecule has 342 valence electrons. The van der Waals surface area contributed by atoms with Crippen LogP contribution in [0.3, 0.4) is 0 Å². The van der Waals surface area contributed by atoms with Crippen molar-refractivity contribution >= 4 is 6.09 Å². The van der Waals surface area contributed by atoms with Gasteiger partial charge in [-0.25, -0.2) is 4.79 Å². The van der Waals surface area contributed by atoms with E-state index in [2.05, 4.69) is 71.1 Å². The maximum absolute atomic E-state index is 13.2. The van der Waals surface area contributed by atoms with Gasteiger partial charge in [0.05, 0.1) is 26.9 Å². The highest BCUT2D eigenvalue weighted by molar-refractivity contribution is 5.67. The minimum atomic E-state index is -0.953. The number of hydrogen-bond acceptors (Lipinski definition) is 6. The summed E-state index contributed by atoms with van der Waals surface area (Å²) >= 11 is 0. The molecule has 3 aromatic carbocycles. The Balaban J connectivity index is 0.914. The summed E-state index contributed by atoms with van der Waals surface area (Å²) in [6.07, 6.45) is 16.6. The van der Waals surface area contributed by atoms with Crippen LogP contribution >= 0.6 is 0 Å². The number of carbonyl (C=O) groups is 1. The Kier molecular flexibility index (Phi) is 15.2. The smallest absolute Gasteiger partial charge is 0.407 e. The molecule has 7 nitrogen and oxygen atoms in total. The largest absolute Gasteiger partial charge is 0.497 e. The third-order valence-electron chi connectivity index (χ3n) is 16.8. The van der Waals surface area contributed by atoms with Crippen LogP contribution in [0.4, 0.5) is 4.79 Å². The van der Waals surface area contributed by atoms with Crippen molar-refractivity contribution in [1.29, 1.82) is 0 Å². The average molecular weight is 860 g/mol. The van der Waals surface area contributed by atoms with Gasteiger partial charge in [0.15, 0.2) is 0 Å². The summed E-state index contributed by atoms with van der Waals surface area (Å²) in [4.78, 5) is 13.2. The number of ether oxygens (including phenoxy) is 4. The van der Waals surface area contributed by atoms with E-state index in [9.17, 15) is 9.90 Å². The molecule has 4 aliphatic carbocycles. The van der Waals surface area contributed by atoms with E-state index in [4.69, 9.17) is 18.9 Å². The van der Waals surface area contributed by atoms with Gasteiger partial charge in [-0.15, -0.1) is 0 Å². The van der Waals surface area contributed by atoms with E-state index >= 15 is 0 Å². The molecular formula is C56H77NO6. The topological polar surface area (TPSA) is 86.3 Å². The molecule has 3 saturated carbocycles. The number of fused-ring (bicyclic) bond motifs is 5. The lowest BCUT2D eigenvalue weighted by molar-refractivity contribution is -0.0467. The maximum atomic E-state index is 13.2. The van der Waals surface area contributed by atoms with Crippen molar-refractivity contribution in [2.45, 2.75) is 136 Å². The molecule has 0 radical (unpaired) electrons. The molecule has 63 heavy (non-hydrogen) atoms. The standard InChI is InChI=1S/C56H77NO6/c1-9-40(38(2)3)16-15-39(4)50-27-28-51-49-26-21-44-37-48(29-33-54(44,5)52(49)30-34-55(50,51)6)63-53(59)57-35-31-45(58)32-36-62-56(41-13-11-10-12-14-41,42-17-22-46(60-7)23-18-42)43-19-24-47(61-8)25-20-43/h10-15,17-25,38,40,45,48-52,58H,9,16,26-37H2,1-8H3,(H,57,59)/b39-15+/t40?,45?,48-,49?,50+,51?,52?,54-,55+/m1/s1. The lowest BCUT2D eigenvalue weighted by Crippen LogP contribution is -2.50. The molecule has 5 unspecified atom stereocenters. The van der Waals surface area contributed by atoms with Gasteiger partial charge in [0.25, 0.3) is 0 Å². The number of amides is 1. The maximum Gasteiger partial charge on any atom is 0.407 e. The number of aliphatic hydroxyl groups is 1. The molecular weight excluding hydrogens is 783 g/mol. The van der Waals surface area contributed by atoms with E-state index in [1.807, 2.05) is 66.7 Å². The fourth-order valence-electron chi connectivity index (χ4n) is 13.0. The van der Waals surface area contributed by atoms with Gasteiger partial charge in [-0.2, -0.15) is 0 Å². The number of allylic oxidation sites excluding steroid dienone is 3. The first-order valence-electron chi connectivity index (χ1n) is 24.3. The predicted molar refractivity (Wildman–Crippen MR) is 254 cm³/mol. The first-order valence-corrected chi connectivity index (χ1v) is 24.3. The molecule has 0 aromatic heterocycles. The number of hydrogen-bond donors (Lipinski definition) is 2. The van der Waals surface area contributed by atoms with Gasteiger partial charge in [0, 0.05) is 13.0 Å². The Morgan fingerprint density at radius 3 is 2.13 bits per heavy atom.